The van der Waals surface area contributed by atoms with Gasteiger partial charge in [0.05, 0.1) is 0 Å². The van der Waals surface area contributed by atoms with Crippen LogP contribution in [0.1, 0.15) is 25.8 Å². The van der Waals surface area contributed by atoms with Crippen LogP contribution in [0.25, 0.3) is 0 Å². The lowest BCUT2D eigenvalue weighted by atomic mass is 10.2. The molecule has 2 heterocycles. The van der Waals surface area contributed by atoms with Crippen molar-refractivity contribution in [2.75, 3.05) is 42.1 Å². The first-order valence-electron chi connectivity index (χ1n) is 10.5. The molecule has 0 atom stereocenters. The molecule has 0 aliphatic heterocycles. The van der Waals surface area contributed by atoms with Crippen LogP contribution in [-0.4, -0.2) is 57.3 Å². The monoisotopic (exact) mass is 472 g/mol. The number of carbonyl (C=O) groups is 1. The molecule has 0 saturated heterocycles. The summed E-state index contributed by atoms with van der Waals surface area (Å²) in [4.78, 5) is 23.1. The van der Waals surface area contributed by atoms with Gasteiger partial charge in [0.2, 0.25) is 5.13 Å². The average Bonchev–Trinajstić information content (AvgIpc) is 3.22. The first-order valence-corrected chi connectivity index (χ1v) is 12.1. The highest BCUT2D eigenvalue weighted by atomic mass is 32.2. The van der Waals surface area contributed by atoms with Crippen LogP contribution in [0.5, 0.6) is 0 Å². The molecule has 3 rings (SSSR count). The molecule has 0 spiro atoms. The predicted octanol–water partition coefficient (Wildman–Crippen LogP) is 4.58. The fourth-order valence-electron chi connectivity index (χ4n) is 2.84. The van der Waals surface area contributed by atoms with Crippen molar-refractivity contribution in [2.24, 2.45) is 0 Å². The smallest absolute Gasteiger partial charge is 0.325 e. The van der Waals surface area contributed by atoms with Crippen LogP contribution >= 0.6 is 23.1 Å². The van der Waals surface area contributed by atoms with Crippen LogP contribution < -0.4 is 16.0 Å². The van der Waals surface area contributed by atoms with Crippen LogP contribution in [-0.2, 0) is 0 Å². The van der Waals surface area contributed by atoms with Crippen molar-refractivity contribution < 1.29 is 4.79 Å². The minimum Gasteiger partial charge on any atom is -0.370 e. The lowest BCUT2D eigenvalue weighted by Gasteiger charge is -2.17. The zero-order valence-electron chi connectivity index (χ0n) is 18.5. The van der Waals surface area contributed by atoms with Gasteiger partial charge in [-0.1, -0.05) is 42.9 Å². The van der Waals surface area contributed by atoms with Gasteiger partial charge in [0, 0.05) is 18.3 Å². The Labute approximate surface area is 196 Å². The second-order valence-electron chi connectivity index (χ2n) is 6.97. The Morgan fingerprint density at radius 2 is 1.88 bits per heavy atom. The van der Waals surface area contributed by atoms with Gasteiger partial charge in [-0.25, -0.2) is 14.8 Å². The topological polar surface area (TPSA) is 108 Å². The number of anilines is 3. The zero-order valence-corrected chi connectivity index (χ0v) is 20.1. The SMILES string of the molecule is CCN(CC)CCCNc1cc(Sc2nnc(NC(=O)Nc3ccc(C)cc3)s2)ncn1. The molecular weight excluding hydrogens is 444 g/mol. The number of rotatable bonds is 11. The Hall–Kier alpha value is -2.76. The molecule has 0 bridgehead atoms. The molecule has 11 heteroatoms. The second kappa shape index (κ2) is 12.3. The van der Waals surface area contributed by atoms with E-state index >= 15 is 0 Å². The summed E-state index contributed by atoms with van der Waals surface area (Å²) in [5.74, 6) is 0.780. The van der Waals surface area contributed by atoms with Crippen molar-refractivity contribution in [2.45, 2.75) is 36.6 Å². The molecule has 1 aromatic carbocycles. The molecule has 170 valence electrons. The minimum absolute atomic E-state index is 0.361. The lowest BCUT2D eigenvalue weighted by Crippen LogP contribution is -2.25. The van der Waals surface area contributed by atoms with E-state index in [0.29, 0.717) is 15.2 Å². The number of carbonyl (C=O) groups excluding carboxylic acids is 1. The Bertz CT molecular complexity index is 991. The molecule has 2 amide bonds. The Balaban J connectivity index is 1.47. The molecule has 9 nitrogen and oxygen atoms in total. The fraction of sp³-hybridized carbons (Fsp3) is 0.381. The molecule has 0 saturated carbocycles. The van der Waals surface area contributed by atoms with Gasteiger partial charge in [0.15, 0.2) is 4.34 Å². The molecular formula is C21H28N8OS2. The number of nitrogens with one attached hydrogen (secondary N) is 3. The molecule has 3 aromatic rings. The molecule has 32 heavy (non-hydrogen) atoms. The van der Waals surface area contributed by atoms with Crippen molar-refractivity contribution >= 4 is 45.8 Å². The molecule has 0 radical (unpaired) electrons. The third-order valence-electron chi connectivity index (χ3n) is 4.62. The first-order chi connectivity index (χ1) is 15.6. The number of aromatic nitrogens is 4. The van der Waals surface area contributed by atoms with E-state index in [0.717, 1.165) is 49.0 Å². The Morgan fingerprint density at radius 1 is 1.09 bits per heavy atom. The van der Waals surface area contributed by atoms with Crippen molar-refractivity contribution in [1.29, 1.82) is 0 Å². The normalized spacial score (nSPS) is 10.9. The quantitative estimate of drug-likeness (QED) is 0.211. The van der Waals surface area contributed by atoms with Crippen LogP contribution in [0, 0.1) is 6.92 Å². The maximum absolute atomic E-state index is 12.2. The highest BCUT2D eigenvalue weighted by Gasteiger charge is 2.11. The van der Waals surface area contributed by atoms with Crippen molar-refractivity contribution in [3.8, 4) is 0 Å². The van der Waals surface area contributed by atoms with Crippen LogP contribution in [0.15, 0.2) is 46.0 Å². The minimum atomic E-state index is -0.361. The number of hydrogen-bond acceptors (Lipinski definition) is 9. The first kappa shape index (κ1) is 23.9. The number of aryl methyl sites for hydroxylation is 1. The standard InChI is InChI=1S/C21H28N8OS2/c1-4-29(5-2)12-6-11-22-17-13-18(24-14-23-17)31-21-28-27-20(32-21)26-19(30)25-16-9-7-15(3)8-10-16/h7-10,13-14H,4-6,11-12H2,1-3H3,(H,22,23,24)(H2,25,26,27,30). The average molecular weight is 473 g/mol. The van der Waals surface area contributed by atoms with E-state index < -0.39 is 0 Å². The maximum Gasteiger partial charge on any atom is 0.325 e. The Kier molecular flexibility index (Phi) is 9.20. The van der Waals surface area contributed by atoms with Gasteiger partial charge in [0.25, 0.3) is 0 Å². The summed E-state index contributed by atoms with van der Waals surface area (Å²) in [7, 11) is 0. The summed E-state index contributed by atoms with van der Waals surface area (Å²) in [6.07, 6.45) is 2.58. The van der Waals surface area contributed by atoms with Crippen LogP contribution in [0.2, 0.25) is 0 Å². The summed E-state index contributed by atoms with van der Waals surface area (Å²) >= 11 is 2.67. The molecule has 0 unspecified atom stereocenters. The number of nitrogens with zero attached hydrogens (tertiary/aromatic N) is 5. The molecule has 2 aromatic heterocycles. The molecule has 0 aliphatic carbocycles. The summed E-state index contributed by atoms with van der Waals surface area (Å²) in [5.41, 5.74) is 1.84. The number of amides is 2. The van der Waals surface area contributed by atoms with Gasteiger partial charge in [0.1, 0.15) is 17.2 Å². The zero-order chi connectivity index (χ0) is 22.8. The van der Waals surface area contributed by atoms with Crippen molar-refractivity contribution in [3.05, 3.63) is 42.2 Å². The largest absolute Gasteiger partial charge is 0.370 e. The summed E-state index contributed by atoms with van der Waals surface area (Å²) < 4.78 is 0.682. The third kappa shape index (κ3) is 7.74. The molecule has 0 fully saturated rings. The lowest BCUT2D eigenvalue weighted by molar-refractivity contribution is 0.262. The van der Waals surface area contributed by atoms with E-state index in [9.17, 15) is 4.79 Å². The number of benzene rings is 1. The van der Waals surface area contributed by atoms with Crippen LogP contribution in [0.3, 0.4) is 0 Å². The fourth-order valence-corrected chi connectivity index (χ4v) is 4.50. The van der Waals surface area contributed by atoms with Crippen LogP contribution in [0.4, 0.5) is 21.4 Å². The van der Waals surface area contributed by atoms with E-state index in [1.54, 1.807) is 0 Å². The second-order valence-corrected chi connectivity index (χ2v) is 9.21. The van der Waals surface area contributed by atoms with Gasteiger partial charge in [-0.3, -0.25) is 5.32 Å². The highest BCUT2D eigenvalue weighted by molar-refractivity contribution is 8.01. The third-order valence-corrected chi connectivity index (χ3v) is 6.44. The summed E-state index contributed by atoms with van der Waals surface area (Å²) in [6.45, 7) is 10.4. The summed E-state index contributed by atoms with van der Waals surface area (Å²) in [6, 6.07) is 9.10. The predicted molar refractivity (Wildman–Crippen MR) is 131 cm³/mol. The van der Waals surface area contributed by atoms with Crippen molar-refractivity contribution in [3.63, 3.8) is 0 Å². The highest BCUT2D eigenvalue weighted by Crippen LogP contribution is 2.31. The van der Waals surface area contributed by atoms with E-state index in [1.165, 1.54) is 29.4 Å². The van der Waals surface area contributed by atoms with E-state index in [-0.39, 0.29) is 6.03 Å². The maximum atomic E-state index is 12.2. The molecule has 3 N–H and O–H groups in total. The number of urea groups is 1. The van der Waals surface area contributed by atoms with Gasteiger partial charge in [-0.15, -0.1) is 10.2 Å². The van der Waals surface area contributed by atoms with Crippen molar-refractivity contribution in [1.82, 2.24) is 25.1 Å². The molecule has 0 aliphatic rings. The van der Waals surface area contributed by atoms with Gasteiger partial charge in [-0.05, 0) is 56.9 Å². The van der Waals surface area contributed by atoms with Gasteiger partial charge in [-0.2, -0.15) is 0 Å². The Morgan fingerprint density at radius 3 is 2.62 bits per heavy atom. The van der Waals surface area contributed by atoms with E-state index in [2.05, 4.69) is 54.9 Å². The van der Waals surface area contributed by atoms with E-state index in [1.807, 2.05) is 37.3 Å². The van der Waals surface area contributed by atoms with E-state index in [4.69, 9.17) is 0 Å². The summed E-state index contributed by atoms with van der Waals surface area (Å²) in [5, 5.41) is 18.2. The number of hydrogen-bond donors (Lipinski definition) is 3. The van der Waals surface area contributed by atoms with Gasteiger partial charge < -0.3 is 15.5 Å². The van der Waals surface area contributed by atoms with Gasteiger partial charge >= 0.3 is 6.03 Å².